The minimum atomic E-state index is -0.309. The summed E-state index contributed by atoms with van der Waals surface area (Å²) < 4.78 is 1.86. The molecule has 0 atom stereocenters. The van der Waals surface area contributed by atoms with E-state index in [1.54, 1.807) is 4.90 Å². The molecule has 0 aliphatic rings. The zero-order chi connectivity index (χ0) is 25.7. The molecule has 0 bridgehead atoms. The predicted molar refractivity (Wildman–Crippen MR) is 145 cm³/mol. The van der Waals surface area contributed by atoms with Crippen LogP contribution >= 0.6 is 11.6 Å². The van der Waals surface area contributed by atoms with Crippen LogP contribution in [0.2, 0.25) is 5.02 Å². The third-order valence-electron chi connectivity index (χ3n) is 6.13. The van der Waals surface area contributed by atoms with Crippen molar-refractivity contribution in [1.29, 1.82) is 0 Å². The molecule has 6 nitrogen and oxygen atoms in total. The van der Waals surface area contributed by atoms with Crippen molar-refractivity contribution in [3.63, 3.8) is 0 Å². The Balaban J connectivity index is 1.58. The molecule has 0 aliphatic carbocycles. The number of carbonyl (C=O) groups excluding carboxylic acids is 2. The van der Waals surface area contributed by atoms with Crippen LogP contribution in [0, 0.1) is 13.8 Å². The molecule has 0 aliphatic heterocycles. The number of aryl methyl sites for hydroxylation is 2. The predicted octanol–water partition coefficient (Wildman–Crippen LogP) is 5.84. The molecule has 0 radical (unpaired) electrons. The van der Waals surface area contributed by atoms with Crippen LogP contribution in [-0.2, 0) is 16.0 Å². The summed E-state index contributed by atoms with van der Waals surface area (Å²) in [6.07, 6.45) is 2.14. The molecule has 36 heavy (non-hydrogen) atoms. The van der Waals surface area contributed by atoms with E-state index in [4.69, 9.17) is 16.6 Å². The first-order valence-corrected chi connectivity index (χ1v) is 12.3. The number of benzene rings is 3. The van der Waals surface area contributed by atoms with Crippen LogP contribution < -0.4 is 5.32 Å². The maximum absolute atomic E-state index is 13.1. The Bertz CT molecular complexity index is 1360. The van der Waals surface area contributed by atoms with Gasteiger partial charge in [0.05, 0.1) is 18.7 Å². The molecule has 0 spiro atoms. The maximum Gasteiger partial charge on any atom is 0.246 e. The van der Waals surface area contributed by atoms with Gasteiger partial charge in [0.2, 0.25) is 17.8 Å². The SMILES string of the molecule is CCN(CC(=O)Nc1nc(-c2ccc(Cl)cc2)cn1-c1ccc(C)c(C)c1)C(=O)Cc1ccccc1. The monoisotopic (exact) mass is 500 g/mol. The number of nitrogens with one attached hydrogen (secondary N) is 1. The third-order valence-corrected chi connectivity index (χ3v) is 6.38. The Kier molecular flexibility index (Phi) is 7.86. The third kappa shape index (κ3) is 6.01. The fraction of sp³-hybridized carbons (Fsp3) is 0.207. The highest BCUT2D eigenvalue weighted by molar-refractivity contribution is 6.30. The van der Waals surface area contributed by atoms with Gasteiger partial charge < -0.3 is 4.90 Å². The molecular weight excluding hydrogens is 472 g/mol. The van der Waals surface area contributed by atoms with Crippen molar-refractivity contribution in [1.82, 2.24) is 14.5 Å². The van der Waals surface area contributed by atoms with Crippen molar-refractivity contribution in [3.8, 4) is 16.9 Å². The van der Waals surface area contributed by atoms with Crippen molar-refractivity contribution in [2.24, 2.45) is 0 Å². The first-order valence-electron chi connectivity index (χ1n) is 11.9. The Labute approximate surface area is 216 Å². The van der Waals surface area contributed by atoms with Gasteiger partial charge in [-0.15, -0.1) is 0 Å². The molecule has 0 saturated carbocycles. The summed E-state index contributed by atoms with van der Waals surface area (Å²) in [4.78, 5) is 32.1. The Hall–Kier alpha value is -3.90. The summed E-state index contributed by atoms with van der Waals surface area (Å²) >= 11 is 6.06. The summed E-state index contributed by atoms with van der Waals surface area (Å²) in [6.45, 7) is 6.34. The average Bonchev–Trinajstić information content (AvgIpc) is 3.28. The van der Waals surface area contributed by atoms with Gasteiger partial charge in [-0.2, -0.15) is 0 Å². The standard InChI is InChI=1S/C29H29ClN4O2/c1-4-33(28(36)17-22-8-6-5-7-9-22)19-27(35)32-29-31-26(23-11-13-24(30)14-12-23)18-34(29)25-15-10-20(2)21(3)16-25/h5-16,18H,4,17,19H2,1-3H3,(H,31,32,35). The number of aromatic nitrogens is 2. The van der Waals surface area contributed by atoms with Gasteiger partial charge in [-0.05, 0) is 61.7 Å². The van der Waals surface area contributed by atoms with Crippen LogP contribution in [0.1, 0.15) is 23.6 Å². The molecule has 2 amide bonds. The van der Waals surface area contributed by atoms with Crippen LogP contribution in [0.4, 0.5) is 5.95 Å². The lowest BCUT2D eigenvalue weighted by molar-refractivity contribution is -0.133. The molecule has 1 N–H and O–H groups in total. The highest BCUT2D eigenvalue weighted by atomic mass is 35.5. The van der Waals surface area contributed by atoms with E-state index in [1.807, 2.05) is 91.3 Å². The number of imidazole rings is 1. The molecule has 4 rings (SSSR count). The molecule has 1 heterocycles. The van der Waals surface area contributed by atoms with Crippen molar-refractivity contribution in [3.05, 3.63) is 101 Å². The van der Waals surface area contributed by atoms with E-state index in [0.29, 0.717) is 23.2 Å². The normalized spacial score (nSPS) is 10.8. The Morgan fingerprint density at radius 3 is 2.36 bits per heavy atom. The van der Waals surface area contributed by atoms with Gasteiger partial charge in [-0.1, -0.05) is 60.1 Å². The van der Waals surface area contributed by atoms with Gasteiger partial charge >= 0.3 is 0 Å². The second kappa shape index (κ2) is 11.2. The van der Waals surface area contributed by atoms with Gasteiger partial charge in [0.15, 0.2) is 0 Å². The zero-order valence-corrected chi connectivity index (χ0v) is 21.4. The number of hydrogen-bond donors (Lipinski definition) is 1. The molecule has 1 aromatic heterocycles. The van der Waals surface area contributed by atoms with Crippen LogP contribution in [0.5, 0.6) is 0 Å². The van der Waals surface area contributed by atoms with Gasteiger partial charge in [0.1, 0.15) is 0 Å². The van der Waals surface area contributed by atoms with E-state index in [-0.39, 0.29) is 24.8 Å². The lowest BCUT2D eigenvalue weighted by Gasteiger charge is -2.20. The molecular formula is C29H29ClN4O2. The minimum absolute atomic E-state index is 0.0573. The van der Waals surface area contributed by atoms with Gasteiger partial charge in [-0.25, -0.2) is 4.98 Å². The summed E-state index contributed by atoms with van der Waals surface area (Å²) in [7, 11) is 0. The van der Waals surface area contributed by atoms with E-state index >= 15 is 0 Å². The molecule has 4 aromatic rings. The second-order valence-electron chi connectivity index (χ2n) is 8.71. The number of amides is 2. The number of hydrogen-bond acceptors (Lipinski definition) is 3. The largest absolute Gasteiger partial charge is 0.333 e. The van der Waals surface area contributed by atoms with E-state index in [1.165, 1.54) is 5.56 Å². The van der Waals surface area contributed by atoms with Crippen LogP contribution in [-0.4, -0.2) is 39.4 Å². The average molecular weight is 501 g/mol. The lowest BCUT2D eigenvalue weighted by Crippen LogP contribution is -2.39. The van der Waals surface area contributed by atoms with E-state index in [0.717, 1.165) is 22.4 Å². The molecule has 0 fully saturated rings. The Morgan fingerprint density at radius 1 is 0.972 bits per heavy atom. The highest BCUT2D eigenvalue weighted by Gasteiger charge is 2.19. The van der Waals surface area contributed by atoms with Crippen LogP contribution in [0.3, 0.4) is 0 Å². The van der Waals surface area contributed by atoms with E-state index in [2.05, 4.69) is 18.3 Å². The van der Waals surface area contributed by atoms with Crippen LogP contribution in [0.25, 0.3) is 16.9 Å². The fourth-order valence-corrected chi connectivity index (χ4v) is 4.02. The van der Waals surface area contributed by atoms with Gasteiger partial charge in [0, 0.05) is 29.0 Å². The highest BCUT2D eigenvalue weighted by Crippen LogP contribution is 2.26. The lowest BCUT2D eigenvalue weighted by atomic mass is 10.1. The van der Waals surface area contributed by atoms with Crippen molar-refractivity contribution in [2.45, 2.75) is 27.2 Å². The van der Waals surface area contributed by atoms with Crippen molar-refractivity contribution >= 4 is 29.4 Å². The number of halogens is 1. The maximum atomic E-state index is 13.1. The molecule has 0 saturated heterocycles. The molecule has 3 aromatic carbocycles. The number of likely N-dealkylation sites (N-methyl/N-ethyl adjacent to an activating group) is 1. The van der Waals surface area contributed by atoms with Gasteiger partial charge in [0.25, 0.3) is 0 Å². The molecule has 184 valence electrons. The first kappa shape index (κ1) is 25.2. The summed E-state index contributed by atoms with van der Waals surface area (Å²) in [5, 5.41) is 3.56. The summed E-state index contributed by atoms with van der Waals surface area (Å²) in [5.41, 5.74) is 5.69. The minimum Gasteiger partial charge on any atom is -0.333 e. The Morgan fingerprint density at radius 2 is 1.69 bits per heavy atom. The fourth-order valence-electron chi connectivity index (χ4n) is 3.90. The summed E-state index contributed by atoms with van der Waals surface area (Å²) in [5.74, 6) is -0.0189. The number of rotatable bonds is 8. The number of nitrogens with zero attached hydrogens (tertiary/aromatic N) is 3. The number of carbonyl (C=O) groups is 2. The van der Waals surface area contributed by atoms with E-state index < -0.39 is 0 Å². The smallest absolute Gasteiger partial charge is 0.246 e. The molecule has 0 unspecified atom stereocenters. The zero-order valence-electron chi connectivity index (χ0n) is 20.7. The van der Waals surface area contributed by atoms with E-state index in [9.17, 15) is 9.59 Å². The summed E-state index contributed by atoms with van der Waals surface area (Å²) in [6, 6.07) is 23.0. The molecule has 7 heteroatoms. The van der Waals surface area contributed by atoms with Crippen molar-refractivity contribution in [2.75, 3.05) is 18.4 Å². The van der Waals surface area contributed by atoms with Crippen LogP contribution in [0.15, 0.2) is 79.0 Å². The van der Waals surface area contributed by atoms with Crippen molar-refractivity contribution < 1.29 is 9.59 Å². The first-order chi connectivity index (χ1) is 17.3. The second-order valence-corrected chi connectivity index (χ2v) is 9.15. The van der Waals surface area contributed by atoms with Gasteiger partial charge in [-0.3, -0.25) is 19.5 Å². The number of anilines is 1. The quantitative estimate of drug-likeness (QED) is 0.330. The topological polar surface area (TPSA) is 67.2 Å².